The molecular formula is C4H6F3S2. The Morgan fingerprint density at radius 2 is 1.44 bits per heavy atom. The molecule has 0 amide bonds. The van der Waals surface area contributed by atoms with E-state index in [1.165, 1.54) is 12.5 Å². The molecule has 0 aromatic carbocycles. The number of rotatable bonds is 2. The highest BCUT2D eigenvalue weighted by Crippen LogP contribution is 2.42. The summed E-state index contributed by atoms with van der Waals surface area (Å²) in [5.74, 6) is 0. The Balaban J connectivity index is 3.79. The van der Waals surface area contributed by atoms with Gasteiger partial charge in [-0.2, -0.15) is 13.2 Å². The summed E-state index contributed by atoms with van der Waals surface area (Å²) in [6.45, 7) is 0. The topological polar surface area (TPSA) is 0 Å². The molecule has 0 fully saturated rings. The Bertz CT molecular complexity index is 76.4. The van der Waals surface area contributed by atoms with E-state index in [-0.39, 0.29) is 0 Å². The maximum absolute atomic E-state index is 11.6. The molecule has 0 spiro atoms. The van der Waals surface area contributed by atoms with E-state index in [0.29, 0.717) is 0 Å². The molecule has 0 nitrogen and oxygen atoms in total. The average Bonchev–Trinajstić information content (AvgIpc) is 1.65. The van der Waals surface area contributed by atoms with Crippen molar-refractivity contribution in [2.45, 2.75) is 6.18 Å². The second kappa shape index (κ2) is 3.61. The lowest BCUT2D eigenvalue weighted by Crippen LogP contribution is -2.13. The quantitative estimate of drug-likeness (QED) is 0.633. The average molecular weight is 175 g/mol. The first-order chi connectivity index (χ1) is 4.02. The summed E-state index contributed by atoms with van der Waals surface area (Å²) in [7, 11) is 0. The molecule has 0 saturated carbocycles. The number of halogens is 3. The smallest absolute Gasteiger partial charge is 0.168 e. The van der Waals surface area contributed by atoms with Crippen LogP contribution in [-0.4, -0.2) is 18.7 Å². The SMILES string of the molecule is CS[C](SC)C(F)(F)F. The van der Waals surface area contributed by atoms with Gasteiger partial charge in [0.05, 0.1) is 0 Å². The van der Waals surface area contributed by atoms with E-state index >= 15 is 0 Å². The minimum absolute atomic E-state index is 0.498. The zero-order valence-corrected chi connectivity index (χ0v) is 6.58. The zero-order valence-electron chi connectivity index (χ0n) is 4.95. The van der Waals surface area contributed by atoms with Crippen molar-refractivity contribution in [1.82, 2.24) is 0 Å². The predicted octanol–water partition coefficient (Wildman–Crippen LogP) is 2.76. The third-order valence-corrected chi connectivity index (χ3v) is 2.81. The summed E-state index contributed by atoms with van der Waals surface area (Å²) in [6.07, 6.45) is -1.31. The molecule has 0 aliphatic carbocycles. The lowest BCUT2D eigenvalue weighted by atomic mass is 10.8. The molecule has 0 unspecified atom stereocenters. The molecule has 0 saturated heterocycles. The molecule has 0 atom stereocenters. The molecule has 0 aliphatic rings. The van der Waals surface area contributed by atoms with E-state index in [1.807, 2.05) is 0 Å². The van der Waals surface area contributed by atoms with Gasteiger partial charge in [-0.05, 0) is 12.5 Å². The molecule has 0 heterocycles. The Kier molecular flexibility index (Phi) is 3.80. The maximum atomic E-state index is 11.6. The third kappa shape index (κ3) is 3.25. The fourth-order valence-electron chi connectivity index (χ4n) is 0.315. The lowest BCUT2D eigenvalue weighted by Gasteiger charge is -2.12. The van der Waals surface area contributed by atoms with Crippen LogP contribution < -0.4 is 0 Å². The highest BCUT2D eigenvalue weighted by atomic mass is 32.2. The minimum atomic E-state index is -4.14. The number of hydrogen-bond donors (Lipinski definition) is 0. The molecule has 0 aromatic rings. The van der Waals surface area contributed by atoms with Gasteiger partial charge in [-0.1, -0.05) is 0 Å². The molecule has 0 rings (SSSR count). The highest BCUT2D eigenvalue weighted by molar-refractivity contribution is 8.20. The van der Waals surface area contributed by atoms with E-state index in [2.05, 4.69) is 0 Å². The first-order valence-corrected chi connectivity index (χ1v) is 4.49. The largest absolute Gasteiger partial charge is 0.414 e. The molecular weight excluding hydrogens is 169 g/mol. The van der Waals surface area contributed by atoms with Crippen molar-refractivity contribution in [3.63, 3.8) is 0 Å². The summed E-state index contributed by atoms with van der Waals surface area (Å²) in [5, 5.41) is 0. The van der Waals surface area contributed by atoms with Crippen molar-refractivity contribution < 1.29 is 13.2 Å². The number of hydrogen-bond acceptors (Lipinski definition) is 2. The van der Waals surface area contributed by atoms with Crippen molar-refractivity contribution >= 4 is 23.5 Å². The van der Waals surface area contributed by atoms with Crippen molar-refractivity contribution in [2.24, 2.45) is 0 Å². The van der Waals surface area contributed by atoms with Gasteiger partial charge in [0.1, 0.15) is 0 Å². The molecule has 0 aliphatic heterocycles. The van der Waals surface area contributed by atoms with Crippen molar-refractivity contribution in [3.05, 3.63) is 4.58 Å². The van der Waals surface area contributed by atoms with E-state index in [4.69, 9.17) is 0 Å². The van der Waals surface area contributed by atoms with Crippen LogP contribution in [0.15, 0.2) is 0 Å². The van der Waals surface area contributed by atoms with E-state index < -0.39 is 10.8 Å². The van der Waals surface area contributed by atoms with E-state index in [0.717, 1.165) is 23.5 Å². The van der Waals surface area contributed by atoms with Crippen LogP contribution in [0.2, 0.25) is 0 Å². The Morgan fingerprint density at radius 3 is 1.44 bits per heavy atom. The summed E-state index contributed by atoms with van der Waals surface area (Å²) in [4.78, 5) is 0. The van der Waals surface area contributed by atoms with Crippen LogP contribution in [0.25, 0.3) is 0 Å². The van der Waals surface area contributed by atoms with Crippen molar-refractivity contribution in [1.29, 1.82) is 0 Å². The standard InChI is InChI=1S/C4H6F3S2/c1-8-3(9-2)4(5,6)7/h1-2H3. The minimum Gasteiger partial charge on any atom is -0.168 e. The van der Waals surface area contributed by atoms with Gasteiger partial charge >= 0.3 is 6.18 Å². The van der Waals surface area contributed by atoms with Gasteiger partial charge in [0, 0.05) is 0 Å². The van der Waals surface area contributed by atoms with Gasteiger partial charge in [-0.15, -0.1) is 23.5 Å². The molecule has 9 heavy (non-hydrogen) atoms. The Hall–Kier alpha value is 0.490. The van der Waals surface area contributed by atoms with Crippen molar-refractivity contribution in [2.75, 3.05) is 12.5 Å². The van der Waals surface area contributed by atoms with Crippen LogP contribution in [-0.2, 0) is 0 Å². The van der Waals surface area contributed by atoms with Crippen LogP contribution >= 0.6 is 23.5 Å². The third-order valence-electron chi connectivity index (χ3n) is 0.602. The molecule has 0 aromatic heterocycles. The summed E-state index contributed by atoms with van der Waals surface area (Å²) in [5.41, 5.74) is 0. The molecule has 0 N–H and O–H groups in total. The van der Waals surface area contributed by atoms with E-state index in [9.17, 15) is 13.2 Å². The van der Waals surface area contributed by atoms with Crippen LogP contribution in [0.4, 0.5) is 13.2 Å². The monoisotopic (exact) mass is 175 g/mol. The number of alkyl halides is 3. The predicted molar refractivity (Wildman–Crippen MR) is 36.3 cm³/mol. The normalized spacial score (nSPS) is 12.7. The van der Waals surface area contributed by atoms with Gasteiger partial charge in [0.25, 0.3) is 0 Å². The van der Waals surface area contributed by atoms with E-state index in [1.54, 1.807) is 0 Å². The Labute approximate surface area is 60.6 Å². The second-order valence-corrected chi connectivity index (χ2v) is 3.08. The lowest BCUT2D eigenvalue weighted by molar-refractivity contribution is -0.0913. The van der Waals surface area contributed by atoms with Gasteiger partial charge in [-0.25, -0.2) is 0 Å². The summed E-state index contributed by atoms with van der Waals surface area (Å²) >= 11 is 1.46. The summed E-state index contributed by atoms with van der Waals surface area (Å²) < 4.78 is 34.4. The highest BCUT2D eigenvalue weighted by Gasteiger charge is 2.39. The van der Waals surface area contributed by atoms with Gasteiger partial charge in [0.2, 0.25) is 0 Å². The number of thioether (sulfide) groups is 2. The fourth-order valence-corrected chi connectivity index (χ4v) is 1.44. The zero-order chi connectivity index (χ0) is 7.49. The summed E-state index contributed by atoms with van der Waals surface area (Å²) in [6, 6.07) is 0. The van der Waals surface area contributed by atoms with Gasteiger partial charge < -0.3 is 0 Å². The molecule has 55 valence electrons. The Morgan fingerprint density at radius 1 is 1.11 bits per heavy atom. The fraction of sp³-hybridized carbons (Fsp3) is 0.750. The maximum Gasteiger partial charge on any atom is 0.414 e. The molecule has 0 bridgehead atoms. The van der Waals surface area contributed by atoms with Crippen LogP contribution in [0.5, 0.6) is 0 Å². The molecule has 1 radical (unpaired) electrons. The van der Waals surface area contributed by atoms with Crippen LogP contribution in [0.1, 0.15) is 0 Å². The second-order valence-electron chi connectivity index (χ2n) is 1.19. The van der Waals surface area contributed by atoms with Gasteiger partial charge in [0.15, 0.2) is 4.58 Å². The van der Waals surface area contributed by atoms with Crippen LogP contribution in [0.3, 0.4) is 0 Å². The first kappa shape index (κ1) is 9.49. The van der Waals surface area contributed by atoms with Gasteiger partial charge in [-0.3, -0.25) is 0 Å². The molecule has 5 heteroatoms. The van der Waals surface area contributed by atoms with Crippen LogP contribution in [0, 0.1) is 4.58 Å². The van der Waals surface area contributed by atoms with Crippen molar-refractivity contribution in [3.8, 4) is 0 Å². The first-order valence-electron chi connectivity index (χ1n) is 2.04.